The maximum absolute atomic E-state index is 13.7. The summed E-state index contributed by atoms with van der Waals surface area (Å²) in [5, 5.41) is 10.4. The van der Waals surface area contributed by atoms with Crippen LogP contribution in [0.25, 0.3) is 0 Å². The normalized spacial score (nSPS) is 21.9. The van der Waals surface area contributed by atoms with Crippen LogP contribution in [0.1, 0.15) is 63.8 Å². The minimum Gasteiger partial charge on any atom is -0.481 e. The van der Waals surface area contributed by atoms with Crippen molar-refractivity contribution in [2.45, 2.75) is 69.6 Å². The third-order valence-electron chi connectivity index (χ3n) is 6.39. The number of aliphatic carboxylic acids is 1. The number of benzene rings is 2. The fraction of sp³-hybridized carbons (Fsp3) is 0.462. The lowest BCUT2D eigenvalue weighted by molar-refractivity contribution is -0.182. The molecule has 1 amide bonds. The predicted molar refractivity (Wildman–Crippen MR) is 140 cm³/mol. The highest BCUT2D eigenvalue weighted by Crippen LogP contribution is 2.44. The number of rotatable bonds is 8. The summed E-state index contributed by atoms with van der Waals surface area (Å²) < 4.78 is 30.8. The van der Waals surface area contributed by atoms with Gasteiger partial charge in [0.2, 0.25) is 0 Å². The van der Waals surface area contributed by atoms with Gasteiger partial charge in [0.1, 0.15) is 12.2 Å². The van der Waals surface area contributed by atoms with Gasteiger partial charge in [-0.2, -0.15) is 0 Å². The number of amides is 1. The molecule has 1 heterocycles. The number of sulfone groups is 1. The van der Waals surface area contributed by atoms with Crippen molar-refractivity contribution in [3.8, 4) is 0 Å². The average Bonchev–Trinajstić information content (AvgIpc) is 2.78. The number of ether oxygens (including phenoxy) is 1. The van der Waals surface area contributed by atoms with Crippen molar-refractivity contribution in [2.75, 3.05) is 5.75 Å². The van der Waals surface area contributed by atoms with Crippen LogP contribution in [0.2, 0.25) is 10.0 Å². The molecule has 1 aliphatic rings. The van der Waals surface area contributed by atoms with Crippen molar-refractivity contribution in [1.82, 2.24) is 4.90 Å². The first kappa shape index (κ1) is 28.4. The average molecular weight is 557 g/mol. The summed E-state index contributed by atoms with van der Waals surface area (Å²) in [6.07, 6.45) is -2.32. The first-order valence-corrected chi connectivity index (χ1v) is 14.0. The third-order valence-corrected chi connectivity index (χ3v) is 9.51. The summed E-state index contributed by atoms with van der Waals surface area (Å²) in [6.45, 7) is 6.70. The number of hydrogen-bond donors (Lipinski definition) is 1. The van der Waals surface area contributed by atoms with Crippen molar-refractivity contribution >= 4 is 44.9 Å². The smallest absolute Gasteiger partial charge is 0.306 e. The summed E-state index contributed by atoms with van der Waals surface area (Å²) in [6, 6.07) is 12.8. The lowest BCUT2D eigenvalue weighted by Gasteiger charge is -2.47. The standard InChI is InChI=1S/C26H31Cl2NO6S/c1-16(12-13-36(33,34)26(2,3)4)29-23(17-8-10-19(27)11-9-17)24(18-6-5-7-20(28)14-18)35-21(25(29)32)15-22(30)31/h5-11,14,16,21,23-24H,12-13,15H2,1-4H3,(H,30,31)/t16-,21+,23+,24+/m0/s1. The number of morpholine rings is 1. The largest absolute Gasteiger partial charge is 0.481 e. The molecule has 1 N–H and O–H groups in total. The second-order valence-corrected chi connectivity index (χ2v) is 13.7. The van der Waals surface area contributed by atoms with E-state index >= 15 is 0 Å². The minimum atomic E-state index is -3.44. The van der Waals surface area contributed by atoms with E-state index in [1.807, 2.05) is 0 Å². The number of halogens is 2. The van der Waals surface area contributed by atoms with Gasteiger partial charge in [-0.1, -0.05) is 47.5 Å². The highest BCUT2D eigenvalue weighted by molar-refractivity contribution is 7.92. The summed E-state index contributed by atoms with van der Waals surface area (Å²) in [4.78, 5) is 26.8. The molecule has 1 saturated heterocycles. The van der Waals surface area contributed by atoms with Crippen molar-refractivity contribution < 1.29 is 27.9 Å². The highest BCUT2D eigenvalue weighted by atomic mass is 35.5. The van der Waals surface area contributed by atoms with Gasteiger partial charge < -0.3 is 14.7 Å². The maximum atomic E-state index is 13.7. The second kappa shape index (κ2) is 11.1. The Balaban J connectivity index is 2.10. The molecule has 0 saturated carbocycles. The molecule has 36 heavy (non-hydrogen) atoms. The molecule has 0 radical (unpaired) electrons. The van der Waals surface area contributed by atoms with Crippen molar-refractivity contribution in [3.05, 3.63) is 69.7 Å². The molecule has 2 aromatic carbocycles. The Morgan fingerprint density at radius 2 is 1.72 bits per heavy atom. The Morgan fingerprint density at radius 3 is 2.28 bits per heavy atom. The molecule has 3 rings (SSSR count). The summed E-state index contributed by atoms with van der Waals surface area (Å²) in [5.41, 5.74) is 1.39. The van der Waals surface area contributed by atoms with Gasteiger partial charge in [0.15, 0.2) is 9.84 Å². The number of carbonyl (C=O) groups is 2. The first-order valence-electron chi connectivity index (χ1n) is 11.6. The maximum Gasteiger partial charge on any atom is 0.306 e. The van der Waals surface area contributed by atoms with Gasteiger partial charge >= 0.3 is 5.97 Å². The molecule has 196 valence electrons. The number of carboxylic acid groups (broad SMARTS) is 1. The van der Waals surface area contributed by atoms with Crippen LogP contribution >= 0.6 is 23.2 Å². The van der Waals surface area contributed by atoms with E-state index < -0.39 is 57.2 Å². The van der Waals surface area contributed by atoms with Crippen LogP contribution in [-0.4, -0.2) is 52.9 Å². The fourth-order valence-electron chi connectivity index (χ4n) is 4.25. The number of carboxylic acids is 1. The Kier molecular flexibility index (Phi) is 8.76. The third kappa shape index (κ3) is 6.40. The predicted octanol–water partition coefficient (Wildman–Crippen LogP) is 5.47. The summed E-state index contributed by atoms with van der Waals surface area (Å²) in [5.74, 6) is -1.80. The van der Waals surface area contributed by atoms with E-state index in [1.54, 1.807) is 81.1 Å². The topological polar surface area (TPSA) is 101 Å². The number of nitrogens with zero attached hydrogens (tertiary/aromatic N) is 1. The first-order chi connectivity index (χ1) is 16.7. The van der Waals surface area contributed by atoms with Gasteiger partial charge in [0.05, 0.1) is 23.0 Å². The highest BCUT2D eigenvalue weighted by Gasteiger charge is 2.46. The van der Waals surface area contributed by atoms with Crippen LogP contribution in [-0.2, 0) is 24.2 Å². The van der Waals surface area contributed by atoms with Crippen molar-refractivity contribution in [1.29, 1.82) is 0 Å². The Morgan fingerprint density at radius 1 is 1.08 bits per heavy atom. The Labute approximate surface area is 222 Å². The molecule has 1 fully saturated rings. The van der Waals surface area contributed by atoms with Crippen LogP contribution in [0.4, 0.5) is 0 Å². The number of carbonyl (C=O) groups excluding carboxylic acids is 1. The molecule has 0 aliphatic carbocycles. The fourth-order valence-corrected chi connectivity index (χ4v) is 5.84. The van der Waals surface area contributed by atoms with Crippen molar-refractivity contribution in [3.63, 3.8) is 0 Å². The van der Waals surface area contributed by atoms with Crippen LogP contribution in [0.15, 0.2) is 48.5 Å². The van der Waals surface area contributed by atoms with E-state index in [1.165, 1.54) is 0 Å². The SMILES string of the molecule is C[C@@H](CCS(=O)(=O)C(C)(C)C)N1C(=O)[C@@H](CC(=O)O)O[C@H](c2cccc(Cl)c2)[C@H]1c1ccc(Cl)cc1. The van der Waals surface area contributed by atoms with Gasteiger partial charge in [0.25, 0.3) is 5.91 Å². The monoisotopic (exact) mass is 555 g/mol. The minimum absolute atomic E-state index is 0.124. The summed E-state index contributed by atoms with van der Waals surface area (Å²) >= 11 is 12.4. The zero-order valence-corrected chi connectivity index (χ0v) is 23.0. The molecule has 2 aromatic rings. The molecule has 1 aliphatic heterocycles. The van der Waals surface area contributed by atoms with Gasteiger partial charge in [-0.3, -0.25) is 9.59 Å². The molecule has 0 aromatic heterocycles. The Bertz CT molecular complexity index is 1210. The van der Waals surface area contributed by atoms with E-state index in [2.05, 4.69) is 0 Å². The lowest BCUT2D eigenvalue weighted by Crippen LogP contribution is -2.55. The van der Waals surface area contributed by atoms with Crippen molar-refractivity contribution in [2.24, 2.45) is 0 Å². The molecule has 4 atom stereocenters. The summed E-state index contributed by atoms with van der Waals surface area (Å²) in [7, 11) is -3.44. The second-order valence-electron chi connectivity index (χ2n) is 10.0. The van der Waals surface area contributed by atoms with Crippen LogP contribution in [0, 0.1) is 0 Å². The van der Waals surface area contributed by atoms with E-state index in [4.69, 9.17) is 27.9 Å². The van der Waals surface area contributed by atoms with E-state index in [0.29, 0.717) is 15.6 Å². The van der Waals surface area contributed by atoms with Gasteiger partial charge in [0, 0.05) is 16.1 Å². The molecular formula is C26H31Cl2NO6S. The molecule has 10 heteroatoms. The van der Waals surface area contributed by atoms with E-state index in [-0.39, 0.29) is 12.2 Å². The Hall–Kier alpha value is -2.13. The quantitative estimate of drug-likeness (QED) is 0.463. The van der Waals surface area contributed by atoms with Crippen LogP contribution in [0.5, 0.6) is 0 Å². The van der Waals surface area contributed by atoms with E-state index in [9.17, 15) is 23.1 Å². The molecule has 0 bridgehead atoms. The van der Waals surface area contributed by atoms with E-state index in [0.717, 1.165) is 5.56 Å². The molecule has 7 nitrogen and oxygen atoms in total. The van der Waals surface area contributed by atoms with Gasteiger partial charge in [-0.15, -0.1) is 0 Å². The number of hydrogen-bond acceptors (Lipinski definition) is 5. The van der Waals surface area contributed by atoms with Gasteiger partial charge in [-0.25, -0.2) is 8.42 Å². The molecule has 0 unspecified atom stereocenters. The zero-order valence-electron chi connectivity index (χ0n) is 20.6. The molecular weight excluding hydrogens is 525 g/mol. The zero-order chi connectivity index (χ0) is 26.8. The van der Waals surface area contributed by atoms with Gasteiger partial charge in [-0.05, 0) is 69.5 Å². The molecule has 0 spiro atoms. The van der Waals surface area contributed by atoms with Crippen LogP contribution in [0.3, 0.4) is 0 Å². The van der Waals surface area contributed by atoms with Crippen LogP contribution < -0.4 is 0 Å². The lowest BCUT2D eigenvalue weighted by atomic mass is 9.89.